The Balaban J connectivity index is 1.60. The lowest BCUT2D eigenvalue weighted by atomic mass is 9.71. The molecule has 0 saturated carbocycles. The van der Waals surface area contributed by atoms with Crippen molar-refractivity contribution in [1.82, 2.24) is 15.2 Å². The molecule has 1 aromatic heterocycles. The average Bonchev–Trinajstić information content (AvgIpc) is 3.01. The predicted octanol–water partition coefficient (Wildman–Crippen LogP) is 1.43. The molecule has 1 atom stereocenters. The Labute approximate surface area is 129 Å². The van der Waals surface area contributed by atoms with Crippen molar-refractivity contribution in [3.05, 3.63) is 16.1 Å². The standard InChI is InChI=1S/C15H23N3O2S/c1-11-9-21-13(17-11)7-18-5-3-15(4-6-18)10-16-14(19)12(15)8-20-2/h9,12H,3-8,10H2,1-2H3,(H,16,19)/t12-/m0/s1. The summed E-state index contributed by atoms with van der Waals surface area (Å²) in [7, 11) is 1.68. The van der Waals surface area contributed by atoms with Gasteiger partial charge in [0, 0.05) is 30.1 Å². The molecule has 21 heavy (non-hydrogen) atoms. The monoisotopic (exact) mass is 309 g/mol. The van der Waals surface area contributed by atoms with Gasteiger partial charge in [0.1, 0.15) is 5.01 Å². The van der Waals surface area contributed by atoms with E-state index in [1.54, 1.807) is 18.4 Å². The third kappa shape index (κ3) is 2.98. The number of aryl methyl sites for hydroxylation is 1. The van der Waals surface area contributed by atoms with E-state index in [0.717, 1.165) is 44.7 Å². The number of rotatable bonds is 4. The van der Waals surface area contributed by atoms with Gasteiger partial charge >= 0.3 is 0 Å². The molecule has 1 N–H and O–H groups in total. The van der Waals surface area contributed by atoms with Crippen molar-refractivity contribution < 1.29 is 9.53 Å². The minimum absolute atomic E-state index is 0.0201. The van der Waals surface area contributed by atoms with Crippen LogP contribution in [0.15, 0.2) is 5.38 Å². The highest BCUT2D eigenvalue weighted by atomic mass is 32.1. The summed E-state index contributed by atoms with van der Waals surface area (Å²) in [4.78, 5) is 19.0. The molecule has 0 unspecified atom stereocenters. The van der Waals surface area contributed by atoms with Crippen molar-refractivity contribution in [3.8, 4) is 0 Å². The fourth-order valence-electron chi connectivity index (χ4n) is 3.56. The molecule has 116 valence electrons. The highest BCUT2D eigenvalue weighted by Gasteiger charge is 2.49. The van der Waals surface area contributed by atoms with Crippen molar-refractivity contribution >= 4 is 17.2 Å². The molecule has 0 radical (unpaired) electrons. The highest BCUT2D eigenvalue weighted by Crippen LogP contribution is 2.42. The maximum Gasteiger partial charge on any atom is 0.226 e. The van der Waals surface area contributed by atoms with Gasteiger partial charge in [-0.05, 0) is 32.9 Å². The Morgan fingerprint density at radius 1 is 1.52 bits per heavy atom. The normalized spacial score (nSPS) is 25.4. The van der Waals surface area contributed by atoms with Crippen molar-refractivity contribution in [3.63, 3.8) is 0 Å². The summed E-state index contributed by atoms with van der Waals surface area (Å²) >= 11 is 1.74. The summed E-state index contributed by atoms with van der Waals surface area (Å²) < 4.78 is 5.27. The number of thiazole rings is 1. The van der Waals surface area contributed by atoms with Crippen LogP contribution in [0.4, 0.5) is 0 Å². The van der Waals surface area contributed by atoms with Gasteiger partial charge in [-0.2, -0.15) is 0 Å². The number of piperidine rings is 1. The van der Waals surface area contributed by atoms with Gasteiger partial charge in [-0.25, -0.2) is 4.98 Å². The molecule has 0 bridgehead atoms. The topological polar surface area (TPSA) is 54.5 Å². The quantitative estimate of drug-likeness (QED) is 0.914. The van der Waals surface area contributed by atoms with Crippen LogP contribution < -0.4 is 5.32 Å². The molecule has 1 spiro atoms. The summed E-state index contributed by atoms with van der Waals surface area (Å²) in [6, 6.07) is 0. The number of hydrogen-bond donors (Lipinski definition) is 1. The number of nitrogens with zero attached hydrogens (tertiary/aromatic N) is 2. The third-order valence-corrected chi connectivity index (χ3v) is 5.83. The zero-order valence-electron chi connectivity index (χ0n) is 12.7. The maximum atomic E-state index is 12.0. The van der Waals surface area contributed by atoms with Crippen LogP contribution in [0.1, 0.15) is 23.5 Å². The number of amides is 1. The number of likely N-dealkylation sites (tertiary alicyclic amines) is 1. The molecule has 3 rings (SSSR count). The molecule has 2 aliphatic heterocycles. The van der Waals surface area contributed by atoms with E-state index in [2.05, 4.69) is 20.6 Å². The molecule has 6 heteroatoms. The second-order valence-electron chi connectivity index (χ2n) is 6.25. The Morgan fingerprint density at radius 3 is 2.90 bits per heavy atom. The highest BCUT2D eigenvalue weighted by molar-refractivity contribution is 7.09. The van der Waals surface area contributed by atoms with Gasteiger partial charge in [0.15, 0.2) is 0 Å². The summed E-state index contributed by atoms with van der Waals surface area (Å²) in [5.74, 6) is 0.188. The molecular formula is C15H23N3O2S. The van der Waals surface area contributed by atoms with Gasteiger partial charge in [-0.3, -0.25) is 9.69 Å². The smallest absolute Gasteiger partial charge is 0.226 e. The molecule has 2 saturated heterocycles. The van der Waals surface area contributed by atoms with Gasteiger partial charge in [0.25, 0.3) is 0 Å². The molecule has 1 amide bonds. The van der Waals surface area contributed by atoms with E-state index in [1.807, 2.05) is 6.92 Å². The number of ether oxygens (including phenoxy) is 1. The number of carbonyl (C=O) groups is 1. The first-order valence-electron chi connectivity index (χ1n) is 7.53. The van der Waals surface area contributed by atoms with Gasteiger partial charge in [0.2, 0.25) is 5.91 Å². The minimum atomic E-state index is 0.0201. The van der Waals surface area contributed by atoms with Crippen LogP contribution in [-0.2, 0) is 16.1 Å². The third-order valence-electron chi connectivity index (χ3n) is 4.88. The molecule has 0 aromatic carbocycles. The zero-order valence-corrected chi connectivity index (χ0v) is 13.5. The van der Waals surface area contributed by atoms with Crippen LogP contribution in [0, 0.1) is 18.3 Å². The summed E-state index contributed by atoms with van der Waals surface area (Å²) in [6.45, 7) is 6.39. The van der Waals surface area contributed by atoms with Crippen molar-refractivity contribution in [2.45, 2.75) is 26.3 Å². The molecule has 5 nitrogen and oxygen atoms in total. The van der Waals surface area contributed by atoms with Crippen molar-refractivity contribution in [2.24, 2.45) is 11.3 Å². The largest absolute Gasteiger partial charge is 0.384 e. The molecule has 2 aliphatic rings. The number of methoxy groups -OCH3 is 1. The van der Waals surface area contributed by atoms with Crippen LogP contribution in [-0.4, -0.2) is 49.1 Å². The molecule has 3 heterocycles. The average molecular weight is 309 g/mol. The van der Waals surface area contributed by atoms with Crippen molar-refractivity contribution in [2.75, 3.05) is 33.4 Å². The summed E-state index contributed by atoms with van der Waals surface area (Å²) in [6.07, 6.45) is 2.12. The van der Waals surface area contributed by atoms with Gasteiger partial charge in [-0.1, -0.05) is 0 Å². The fourth-order valence-corrected chi connectivity index (χ4v) is 4.37. The number of carbonyl (C=O) groups excluding carboxylic acids is 1. The maximum absolute atomic E-state index is 12.0. The molecular weight excluding hydrogens is 286 g/mol. The van der Waals surface area contributed by atoms with Crippen molar-refractivity contribution in [1.29, 1.82) is 0 Å². The number of hydrogen-bond acceptors (Lipinski definition) is 5. The number of nitrogens with one attached hydrogen (secondary N) is 1. The van der Waals surface area contributed by atoms with Crippen LogP contribution in [0.2, 0.25) is 0 Å². The second kappa shape index (κ2) is 6.02. The molecule has 1 aromatic rings. The lowest BCUT2D eigenvalue weighted by molar-refractivity contribution is -0.126. The second-order valence-corrected chi connectivity index (χ2v) is 7.19. The zero-order chi connectivity index (χ0) is 14.9. The first-order chi connectivity index (χ1) is 10.1. The van der Waals surface area contributed by atoms with Gasteiger partial charge in [-0.15, -0.1) is 11.3 Å². The van der Waals surface area contributed by atoms with Crippen LogP contribution in [0.5, 0.6) is 0 Å². The van der Waals surface area contributed by atoms with E-state index in [9.17, 15) is 4.79 Å². The van der Waals surface area contributed by atoms with E-state index in [0.29, 0.717) is 6.61 Å². The van der Waals surface area contributed by atoms with E-state index < -0.39 is 0 Å². The van der Waals surface area contributed by atoms with E-state index >= 15 is 0 Å². The van der Waals surface area contributed by atoms with Crippen LogP contribution in [0.3, 0.4) is 0 Å². The first-order valence-corrected chi connectivity index (χ1v) is 8.41. The summed E-state index contributed by atoms with van der Waals surface area (Å²) in [5, 5.41) is 6.33. The Kier molecular flexibility index (Phi) is 4.28. The lowest BCUT2D eigenvalue weighted by Gasteiger charge is -2.41. The Bertz CT molecular complexity index is 509. The van der Waals surface area contributed by atoms with Gasteiger partial charge < -0.3 is 10.1 Å². The minimum Gasteiger partial charge on any atom is -0.384 e. The SMILES string of the molecule is COC[C@H]1C(=O)NCC12CCN(Cc1nc(C)cs1)CC2. The van der Waals surface area contributed by atoms with E-state index in [4.69, 9.17) is 4.74 Å². The Morgan fingerprint density at radius 2 is 2.29 bits per heavy atom. The van der Waals surface area contributed by atoms with Crippen LogP contribution >= 0.6 is 11.3 Å². The van der Waals surface area contributed by atoms with E-state index in [1.165, 1.54) is 5.01 Å². The van der Waals surface area contributed by atoms with Crippen LogP contribution in [0.25, 0.3) is 0 Å². The summed E-state index contributed by atoms with van der Waals surface area (Å²) in [5.41, 5.74) is 1.21. The molecule has 2 fully saturated rings. The first kappa shape index (κ1) is 14.9. The Hall–Kier alpha value is -0.980. The number of aromatic nitrogens is 1. The van der Waals surface area contributed by atoms with Gasteiger partial charge in [0.05, 0.1) is 19.1 Å². The fraction of sp³-hybridized carbons (Fsp3) is 0.733. The predicted molar refractivity (Wildman–Crippen MR) is 82.2 cm³/mol. The molecule has 0 aliphatic carbocycles. The lowest BCUT2D eigenvalue weighted by Crippen LogP contribution is -2.45. The van der Waals surface area contributed by atoms with E-state index in [-0.39, 0.29) is 17.2 Å².